The van der Waals surface area contributed by atoms with Gasteiger partial charge in [-0.1, -0.05) is 69.3 Å². The molecule has 0 fully saturated rings. The van der Waals surface area contributed by atoms with E-state index in [2.05, 4.69) is 20.8 Å². The first kappa shape index (κ1) is 17.5. The zero-order chi connectivity index (χ0) is 17.1. The lowest BCUT2D eigenvalue weighted by atomic mass is 9.63. The molecule has 2 unspecified atom stereocenters. The second-order valence-electron chi connectivity index (χ2n) is 7.61. The maximum absolute atomic E-state index is 12.4. The minimum Gasteiger partial charge on any atom is -0.392 e. The Morgan fingerprint density at radius 2 is 1.91 bits per heavy atom. The number of amides is 1. The van der Waals surface area contributed by atoms with E-state index in [0.717, 1.165) is 17.5 Å². The van der Waals surface area contributed by atoms with Gasteiger partial charge < -0.3 is 10.8 Å². The Bertz CT molecular complexity index is 608. The summed E-state index contributed by atoms with van der Waals surface area (Å²) >= 11 is 0. The molecular formula is C20H27NO2. The van der Waals surface area contributed by atoms with E-state index in [1.807, 2.05) is 48.6 Å². The summed E-state index contributed by atoms with van der Waals surface area (Å²) in [6.07, 6.45) is 9.35. The van der Waals surface area contributed by atoms with Gasteiger partial charge in [0.15, 0.2) is 0 Å². The van der Waals surface area contributed by atoms with Gasteiger partial charge >= 0.3 is 0 Å². The van der Waals surface area contributed by atoms with Gasteiger partial charge in [0.25, 0.3) is 0 Å². The highest BCUT2D eigenvalue weighted by molar-refractivity contribution is 5.85. The van der Waals surface area contributed by atoms with Crippen LogP contribution in [0.4, 0.5) is 0 Å². The number of nitrogens with two attached hydrogens (primary N) is 1. The molecular weight excluding hydrogens is 286 g/mol. The van der Waals surface area contributed by atoms with Crippen LogP contribution < -0.4 is 5.73 Å². The Morgan fingerprint density at radius 1 is 1.26 bits per heavy atom. The molecule has 1 aliphatic rings. The van der Waals surface area contributed by atoms with Crippen LogP contribution in [-0.4, -0.2) is 11.0 Å². The molecule has 1 aromatic rings. The molecule has 0 aliphatic heterocycles. The fourth-order valence-corrected chi connectivity index (χ4v) is 3.31. The van der Waals surface area contributed by atoms with E-state index in [4.69, 9.17) is 5.73 Å². The minimum absolute atomic E-state index is 0.00828. The third-order valence-electron chi connectivity index (χ3n) is 4.56. The van der Waals surface area contributed by atoms with Gasteiger partial charge in [0.2, 0.25) is 5.91 Å². The number of carbonyl (C=O) groups is 1. The van der Waals surface area contributed by atoms with Crippen LogP contribution in [0.5, 0.6) is 0 Å². The Kier molecular flexibility index (Phi) is 5.10. The number of aliphatic hydroxyl groups excluding tert-OH is 1. The largest absolute Gasteiger partial charge is 0.392 e. The molecule has 0 bridgehead atoms. The van der Waals surface area contributed by atoms with E-state index in [0.29, 0.717) is 6.42 Å². The highest BCUT2D eigenvalue weighted by Crippen LogP contribution is 2.48. The molecule has 0 saturated carbocycles. The molecule has 0 heterocycles. The van der Waals surface area contributed by atoms with Crippen LogP contribution >= 0.6 is 0 Å². The molecule has 2 atom stereocenters. The summed E-state index contributed by atoms with van der Waals surface area (Å²) in [6, 6.07) is 7.86. The zero-order valence-corrected chi connectivity index (χ0v) is 14.3. The van der Waals surface area contributed by atoms with Crippen molar-refractivity contribution < 1.29 is 9.90 Å². The lowest BCUT2D eigenvalue weighted by molar-refractivity contribution is -0.126. The lowest BCUT2D eigenvalue weighted by Gasteiger charge is -2.40. The van der Waals surface area contributed by atoms with Gasteiger partial charge in [-0.05, 0) is 29.4 Å². The summed E-state index contributed by atoms with van der Waals surface area (Å²) < 4.78 is 0. The Morgan fingerprint density at radius 3 is 2.35 bits per heavy atom. The number of primary amides is 1. The van der Waals surface area contributed by atoms with Gasteiger partial charge in [-0.25, -0.2) is 0 Å². The van der Waals surface area contributed by atoms with Crippen molar-refractivity contribution in [3.05, 3.63) is 59.7 Å². The Labute approximate surface area is 138 Å². The molecule has 3 heteroatoms. The average Bonchev–Trinajstić information content (AvgIpc) is 2.52. The number of rotatable bonds is 5. The summed E-state index contributed by atoms with van der Waals surface area (Å²) in [5, 5.41) is 9.25. The first-order valence-corrected chi connectivity index (χ1v) is 8.12. The molecule has 124 valence electrons. The van der Waals surface area contributed by atoms with Gasteiger partial charge in [-0.15, -0.1) is 0 Å². The SMILES string of the molecule is CC(C)(C)CC(c1ccc(CO)cc1)C1(C(N)=O)C=CC=CC1. The molecule has 0 spiro atoms. The minimum atomic E-state index is -0.692. The van der Waals surface area contributed by atoms with Crippen molar-refractivity contribution in [1.82, 2.24) is 0 Å². The van der Waals surface area contributed by atoms with Crippen molar-refractivity contribution in [2.45, 2.75) is 46.1 Å². The molecule has 0 radical (unpaired) electrons. The lowest BCUT2D eigenvalue weighted by Crippen LogP contribution is -2.42. The topological polar surface area (TPSA) is 63.3 Å². The van der Waals surface area contributed by atoms with E-state index < -0.39 is 5.41 Å². The van der Waals surface area contributed by atoms with Crippen LogP contribution in [0.2, 0.25) is 0 Å². The quantitative estimate of drug-likeness (QED) is 0.871. The number of carbonyl (C=O) groups excluding carboxylic acids is 1. The van der Waals surface area contributed by atoms with Crippen LogP contribution in [0.1, 0.15) is 50.7 Å². The monoisotopic (exact) mass is 313 g/mol. The van der Waals surface area contributed by atoms with Crippen molar-refractivity contribution in [1.29, 1.82) is 0 Å². The molecule has 1 aliphatic carbocycles. The Hall–Kier alpha value is -1.87. The number of allylic oxidation sites excluding steroid dienone is 3. The summed E-state index contributed by atoms with van der Waals surface area (Å²) in [6.45, 7) is 6.56. The van der Waals surface area contributed by atoms with Crippen molar-refractivity contribution in [3.63, 3.8) is 0 Å². The smallest absolute Gasteiger partial charge is 0.228 e. The van der Waals surface area contributed by atoms with E-state index in [-0.39, 0.29) is 23.8 Å². The molecule has 2 rings (SSSR count). The first-order chi connectivity index (χ1) is 10.8. The normalized spacial score (nSPS) is 22.1. The average molecular weight is 313 g/mol. The third-order valence-corrected chi connectivity index (χ3v) is 4.56. The van der Waals surface area contributed by atoms with Crippen molar-refractivity contribution in [2.75, 3.05) is 0 Å². The summed E-state index contributed by atoms with van der Waals surface area (Å²) in [5.41, 5.74) is 7.19. The van der Waals surface area contributed by atoms with Crippen molar-refractivity contribution in [2.24, 2.45) is 16.6 Å². The fraction of sp³-hybridized carbons (Fsp3) is 0.450. The van der Waals surface area contributed by atoms with Crippen LogP contribution in [0.25, 0.3) is 0 Å². The number of aliphatic hydroxyl groups is 1. The molecule has 1 amide bonds. The van der Waals surface area contributed by atoms with E-state index >= 15 is 0 Å². The predicted molar refractivity (Wildman–Crippen MR) is 93.7 cm³/mol. The summed E-state index contributed by atoms with van der Waals surface area (Å²) in [4.78, 5) is 12.4. The van der Waals surface area contributed by atoms with E-state index in [9.17, 15) is 9.90 Å². The number of benzene rings is 1. The molecule has 1 aromatic carbocycles. The molecule has 23 heavy (non-hydrogen) atoms. The highest BCUT2D eigenvalue weighted by atomic mass is 16.3. The van der Waals surface area contributed by atoms with Gasteiger partial charge in [-0.2, -0.15) is 0 Å². The van der Waals surface area contributed by atoms with Gasteiger partial charge in [-0.3, -0.25) is 4.79 Å². The molecule has 3 N–H and O–H groups in total. The maximum Gasteiger partial charge on any atom is 0.228 e. The predicted octanol–water partition coefficient (Wildman–Crippen LogP) is 3.69. The highest BCUT2D eigenvalue weighted by Gasteiger charge is 2.44. The van der Waals surface area contributed by atoms with Gasteiger partial charge in [0, 0.05) is 5.92 Å². The van der Waals surface area contributed by atoms with Crippen LogP contribution in [0.3, 0.4) is 0 Å². The third kappa shape index (κ3) is 3.91. The standard InChI is InChI=1S/C20H27NO2/c1-19(2,3)13-17(16-9-7-15(14-22)8-10-16)20(18(21)23)11-5-4-6-12-20/h4-11,17,22H,12-14H2,1-3H3,(H2,21,23). The molecule has 0 aromatic heterocycles. The molecule has 0 saturated heterocycles. The number of hydrogen-bond donors (Lipinski definition) is 2. The Balaban J connectivity index is 2.49. The van der Waals surface area contributed by atoms with Crippen LogP contribution in [0, 0.1) is 10.8 Å². The second kappa shape index (κ2) is 6.71. The maximum atomic E-state index is 12.4. The number of hydrogen-bond acceptors (Lipinski definition) is 2. The summed E-state index contributed by atoms with van der Waals surface area (Å²) in [7, 11) is 0. The van der Waals surface area contributed by atoms with Gasteiger partial charge in [0.1, 0.15) is 0 Å². The molecule has 3 nitrogen and oxygen atoms in total. The fourth-order valence-electron chi connectivity index (χ4n) is 3.31. The zero-order valence-electron chi connectivity index (χ0n) is 14.3. The second-order valence-corrected chi connectivity index (χ2v) is 7.61. The van der Waals surface area contributed by atoms with Crippen LogP contribution in [-0.2, 0) is 11.4 Å². The van der Waals surface area contributed by atoms with Crippen molar-refractivity contribution >= 4 is 5.91 Å². The van der Waals surface area contributed by atoms with Crippen molar-refractivity contribution in [3.8, 4) is 0 Å². The summed E-state index contributed by atoms with van der Waals surface area (Å²) in [5.74, 6) is -0.271. The first-order valence-electron chi connectivity index (χ1n) is 8.12. The van der Waals surface area contributed by atoms with E-state index in [1.165, 1.54) is 0 Å². The van der Waals surface area contributed by atoms with E-state index in [1.54, 1.807) is 0 Å². The van der Waals surface area contributed by atoms with Crippen LogP contribution in [0.15, 0.2) is 48.6 Å². The van der Waals surface area contributed by atoms with Gasteiger partial charge in [0.05, 0.1) is 12.0 Å².